The molecule has 1 rings (SSSR count). The van der Waals surface area contributed by atoms with E-state index in [1.54, 1.807) is 7.11 Å². The van der Waals surface area contributed by atoms with Gasteiger partial charge < -0.3 is 4.74 Å². The Bertz CT molecular complexity index is 310. The second-order valence-electron chi connectivity index (χ2n) is 3.16. The summed E-state index contributed by atoms with van der Waals surface area (Å²) in [5.41, 5.74) is 1.06. The Balaban J connectivity index is 3.30. The summed E-state index contributed by atoms with van der Waals surface area (Å²) in [6.45, 7) is 4.19. The van der Waals surface area contributed by atoms with E-state index in [1.165, 1.54) is 0 Å². The van der Waals surface area contributed by atoms with Gasteiger partial charge in [0.15, 0.2) is 0 Å². The molecule has 0 saturated heterocycles. The van der Waals surface area contributed by atoms with Crippen LogP contribution in [0.3, 0.4) is 0 Å². The molecule has 0 N–H and O–H groups in total. The van der Waals surface area contributed by atoms with Gasteiger partial charge in [-0.1, -0.05) is 41.4 Å². The van der Waals surface area contributed by atoms with E-state index < -0.39 is 0 Å². The van der Waals surface area contributed by atoms with Crippen LogP contribution in [0.25, 0.3) is 0 Å². The maximum absolute atomic E-state index is 6.10. The van der Waals surface area contributed by atoms with Crippen LogP contribution in [0.2, 0.25) is 5.02 Å². The highest BCUT2D eigenvalue weighted by Crippen LogP contribution is 2.35. The summed E-state index contributed by atoms with van der Waals surface area (Å²) in [5.74, 6) is 1.21. The fourth-order valence-electron chi connectivity index (χ4n) is 1.29. The van der Waals surface area contributed by atoms with Crippen molar-refractivity contribution >= 4 is 27.5 Å². The Kier molecular flexibility index (Phi) is 3.63. The topological polar surface area (TPSA) is 9.23 Å². The molecule has 0 heterocycles. The van der Waals surface area contributed by atoms with Crippen LogP contribution in [0.5, 0.6) is 5.75 Å². The van der Waals surface area contributed by atoms with Crippen molar-refractivity contribution in [1.82, 2.24) is 0 Å². The fourth-order valence-corrected chi connectivity index (χ4v) is 2.29. The minimum absolute atomic E-state index is 0.371. The van der Waals surface area contributed by atoms with Gasteiger partial charge in [0.05, 0.1) is 7.11 Å². The van der Waals surface area contributed by atoms with E-state index in [4.69, 9.17) is 16.3 Å². The SMILES string of the molecule is COc1cc(Br)cc(Cl)c1C(C)C. The van der Waals surface area contributed by atoms with Crippen molar-refractivity contribution in [3.05, 3.63) is 27.2 Å². The van der Waals surface area contributed by atoms with Gasteiger partial charge in [-0.3, -0.25) is 0 Å². The summed E-state index contributed by atoms with van der Waals surface area (Å²) in [5, 5.41) is 0.751. The van der Waals surface area contributed by atoms with Gasteiger partial charge in [0, 0.05) is 15.1 Å². The number of methoxy groups -OCH3 is 1. The molecule has 0 atom stereocenters. The van der Waals surface area contributed by atoms with Crippen molar-refractivity contribution in [1.29, 1.82) is 0 Å². The lowest BCUT2D eigenvalue weighted by molar-refractivity contribution is 0.407. The second kappa shape index (κ2) is 4.34. The van der Waals surface area contributed by atoms with Crippen molar-refractivity contribution in [2.24, 2.45) is 0 Å². The van der Waals surface area contributed by atoms with Gasteiger partial charge in [-0.15, -0.1) is 0 Å². The van der Waals surface area contributed by atoms with Gasteiger partial charge in [0.25, 0.3) is 0 Å². The first-order valence-electron chi connectivity index (χ1n) is 4.09. The minimum Gasteiger partial charge on any atom is -0.496 e. The number of halogens is 2. The molecule has 0 aliphatic heterocycles. The molecule has 0 radical (unpaired) electrons. The van der Waals surface area contributed by atoms with E-state index in [0.717, 1.165) is 20.8 Å². The van der Waals surface area contributed by atoms with E-state index in [1.807, 2.05) is 12.1 Å². The molecule has 0 aliphatic rings. The number of benzene rings is 1. The Morgan fingerprint density at radius 3 is 2.46 bits per heavy atom. The van der Waals surface area contributed by atoms with E-state index in [0.29, 0.717) is 5.92 Å². The lowest BCUT2D eigenvalue weighted by Crippen LogP contribution is -1.95. The third kappa shape index (κ3) is 2.38. The van der Waals surface area contributed by atoms with Gasteiger partial charge in [-0.2, -0.15) is 0 Å². The third-order valence-corrected chi connectivity index (χ3v) is 2.62. The van der Waals surface area contributed by atoms with Crippen LogP contribution in [0.1, 0.15) is 25.3 Å². The molecule has 1 aromatic rings. The molecule has 1 aromatic carbocycles. The van der Waals surface area contributed by atoms with Crippen LogP contribution >= 0.6 is 27.5 Å². The summed E-state index contributed by atoms with van der Waals surface area (Å²) < 4.78 is 6.20. The number of rotatable bonds is 2. The Labute approximate surface area is 92.2 Å². The van der Waals surface area contributed by atoms with Gasteiger partial charge in [-0.25, -0.2) is 0 Å². The van der Waals surface area contributed by atoms with Crippen LogP contribution in [0.15, 0.2) is 16.6 Å². The Morgan fingerprint density at radius 2 is 2.00 bits per heavy atom. The molecular formula is C10H12BrClO. The van der Waals surface area contributed by atoms with E-state index >= 15 is 0 Å². The molecule has 0 bridgehead atoms. The maximum atomic E-state index is 6.10. The monoisotopic (exact) mass is 262 g/mol. The molecule has 0 spiro atoms. The van der Waals surface area contributed by atoms with Crippen LogP contribution in [-0.2, 0) is 0 Å². The van der Waals surface area contributed by atoms with Crippen molar-refractivity contribution in [3.8, 4) is 5.75 Å². The zero-order valence-corrected chi connectivity index (χ0v) is 10.2. The zero-order chi connectivity index (χ0) is 10.0. The molecule has 13 heavy (non-hydrogen) atoms. The Hall–Kier alpha value is -0.210. The summed E-state index contributed by atoms with van der Waals surface area (Å²) in [6, 6.07) is 3.82. The van der Waals surface area contributed by atoms with Gasteiger partial charge in [-0.05, 0) is 18.1 Å². The van der Waals surface area contributed by atoms with Crippen LogP contribution in [0.4, 0.5) is 0 Å². The first kappa shape index (κ1) is 10.9. The zero-order valence-electron chi connectivity index (χ0n) is 7.90. The van der Waals surface area contributed by atoms with E-state index in [2.05, 4.69) is 29.8 Å². The molecule has 72 valence electrons. The van der Waals surface area contributed by atoms with Gasteiger partial charge in [0.2, 0.25) is 0 Å². The summed E-state index contributed by atoms with van der Waals surface area (Å²) in [6.07, 6.45) is 0. The number of ether oxygens (including phenoxy) is 1. The van der Waals surface area contributed by atoms with Crippen molar-refractivity contribution in [2.45, 2.75) is 19.8 Å². The fraction of sp³-hybridized carbons (Fsp3) is 0.400. The summed E-state index contributed by atoms with van der Waals surface area (Å²) in [4.78, 5) is 0. The van der Waals surface area contributed by atoms with Crippen LogP contribution in [0, 0.1) is 0 Å². The second-order valence-corrected chi connectivity index (χ2v) is 4.48. The predicted octanol–water partition coefficient (Wildman–Crippen LogP) is 4.23. The molecule has 0 fully saturated rings. The molecule has 0 saturated carbocycles. The highest BCUT2D eigenvalue weighted by Gasteiger charge is 2.12. The third-order valence-electron chi connectivity index (χ3n) is 1.85. The van der Waals surface area contributed by atoms with E-state index in [-0.39, 0.29) is 0 Å². The predicted molar refractivity (Wildman–Crippen MR) is 59.8 cm³/mol. The number of hydrogen-bond donors (Lipinski definition) is 0. The molecule has 0 amide bonds. The molecular weight excluding hydrogens is 251 g/mol. The lowest BCUT2D eigenvalue weighted by atomic mass is 10.0. The normalized spacial score (nSPS) is 10.6. The average molecular weight is 264 g/mol. The summed E-state index contributed by atoms with van der Waals surface area (Å²) >= 11 is 9.47. The molecule has 0 aromatic heterocycles. The minimum atomic E-state index is 0.371. The maximum Gasteiger partial charge on any atom is 0.124 e. The molecule has 1 nitrogen and oxygen atoms in total. The van der Waals surface area contributed by atoms with Crippen LogP contribution < -0.4 is 4.74 Å². The standard InChI is InChI=1S/C10H12BrClO/c1-6(2)10-8(12)4-7(11)5-9(10)13-3/h4-6H,1-3H3. The quantitative estimate of drug-likeness (QED) is 0.776. The first-order valence-corrected chi connectivity index (χ1v) is 5.26. The smallest absolute Gasteiger partial charge is 0.124 e. The highest BCUT2D eigenvalue weighted by molar-refractivity contribution is 9.10. The van der Waals surface area contributed by atoms with Gasteiger partial charge >= 0.3 is 0 Å². The Morgan fingerprint density at radius 1 is 1.38 bits per heavy atom. The van der Waals surface area contributed by atoms with Crippen LogP contribution in [-0.4, -0.2) is 7.11 Å². The van der Waals surface area contributed by atoms with Gasteiger partial charge in [0.1, 0.15) is 5.75 Å². The summed E-state index contributed by atoms with van der Waals surface area (Å²) in [7, 11) is 1.66. The number of hydrogen-bond acceptors (Lipinski definition) is 1. The highest BCUT2D eigenvalue weighted by atomic mass is 79.9. The van der Waals surface area contributed by atoms with Crippen molar-refractivity contribution < 1.29 is 4.74 Å². The average Bonchev–Trinajstić information content (AvgIpc) is 2.01. The molecule has 3 heteroatoms. The molecule has 0 aliphatic carbocycles. The van der Waals surface area contributed by atoms with Crippen molar-refractivity contribution in [2.75, 3.05) is 7.11 Å². The van der Waals surface area contributed by atoms with Crippen molar-refractivity contribution in [3.63, 3.8) is 0 Å². The van der Waals surface area contributed by atoms with E-state index in [9.17, 15) is 0 Å². The molecule has 0 unspecified atom stereocenters. The largest absolute Gasteiger partial charge is 0.496 e. The first-order chi connectivity index (χ1) is 6.06. The lowest BCUT2D eigenvalue weighted by Gasteiger charge is -2.13.